The maximum atomic E-state index is 12.8. The molecule has 1 saturated carbocycles. The Bertz CT molecular complexity index is 849. The summed E-state index contributed by atoms with van der Waals surface area (Å²) in [5.74, 6) is 6.40. The molecule has 0 heterocycles. The molecule has 1 aliphatic rings. The standard InChI is InChI=1S/C21H29F3N2O4S/c1-25(31(29,30)20-10-6-18(7-11-20)21(22,23)24)19-8-4-17(5-9-19)3-2-12-26(13-15-27)14-16-28/h6-7,10-11,17,19,27-28H,4-5,8-9,12-16H2,1H3/t17-,19-. The SMILES string of the molecule is CN([C@H]1CC[C@H](C#CCN(CCO)CCO)CC1)S(=O)(=O)c1ccc(C(F)(F)F)cc1. The average Bonchev–Trinajstić information content (AvgIpc) is 2.73. The third-order valence-corrected chi connectivity index (χ3v) is 7.44. The van der Waals surface area contributed by atoms with Crippen LogP contribution in [0.3, 0.4) is 0 Å². The van der Waals surface area contributed by atoms with Crippen LogP contribution in [-0.4, -0.2) is 73.8 Å². The van der Waals surface area contributed by atoms with E-state index in [-0.39, 0.29) is 30.1 Å². The molecular weight excluding hydrogens is 433 g/mol. The Labute approximate surface area is 181 Å². The lowest BCUT2D eigenvalue weighted by Crippen LogP contribution is -2.39. The fraction of sp³-hybridized carbons (Fsp3) is 0.619. The minimum absolute atomic E-state index is 0.00741. The van der Waals surface area contributed by atoms with Crippen molar-refractivity contribution in [2.45, 2.75) is 42.8 Å². The highest BCUT2D eigenvalue weighted by atomic mass is 32.2. The monoisotopic (exact) mass is 462 g/mol. The van der Waals surface area contributed by atoms with Gasteiger partial charge in [0.1, 0.15) is 0 Å². The number of sulfonamides is 1. The number of benzene rings is 1. The molecule has 2 N–H and O–H groups in total. The van der Waals surface area contributed by atoms with Gasteiger partial charge >= 0.3 is 6.18 Å². The summed E-state index contributed by atoms with van der Waals surface area (Å²) in [6.07, 6.45) is -1.82. The Hall–Kier alpha value is -1.64. The zero-order valence-electron chi connectivity index (χ0n) is 17.5. The molecule has 0 spiro atoms. The van der Waals surface area contributed by atoms with E-state index in [1.165, 1.54) is 11.4 Å². The predicted molar refractivity (Wildman–Crippen MR) is 111 cm³/mol. The molecule has 0 saturated heterocycles. The third kappa shape index (κ3) is 7.19. The van der Waals surface area contributed by atoms with E-state index in [9.17, 15) is 21.6 Å². The number of aliphatic hydroxyl groups is 2. The van der Waals surface area contributed by atoms with E-state index in [2.05, 4.69) is 11.8 Å². The smallest absolute Gasteiger partial charge is 0.395 e. The van der Waals surface area contributed by atoms with Crippen LogP contribution >= 0.6 is 0 Å². The van der Waals surface area contributed by atoms with Crippen molar-refractivity contribution < 1.29 is 31.8 Å². The summed E-state index contributed by atoms with van der Waals surface area (Å²) in [5, 5.41) is 18.0. The lowest BCUT2D eigenvalue weighted by molar-refractivity contribution is -0.137. The number of rotatable bonds is 8. The largest absolute Gasteiger partial charge is 0.416 e. The van der Waals surface area contributed by atoms with Crippen molar-refractivity contribution in [2.75, 3.05) is 39.9 Å². The van der Waals surface area contributed by atoms with Gasteiger partial charge in [0.15, 0.2) is 0 Å². The summed E-state index contributed by atoms with van der Waals surface area (Å²) in [6, 6.07) is 3.33. The van der Waals surface area contributed by atoms with Crippen molar-refractivity contribution in [3.05, 3.63) is 29.8 Å². The number of halogens is 3. The molecular formula is C21H29F3N2O4S. The molecule has 0 atom stereocenters. The fourth-order valence-electron chi connectivity index (χ4n) is 3.62. The molecule has 1 aliphatic carbocycles. The molecule has 0 amide bonds. The van der Waals surface area contributed by atoms with Crippen LogP contribution in [0, 0.1) is 17.8 Å². The first-order valence-corrected chi connectivity index (χ1v) is 11.6. The van der Waals surface area contributed by atoms with E-state index in [0.717, 1.165) is 37.1 Å². The van der Waals surface area contributed by atoms with Gasteiger partial charge in [-0.3, -0.25) is 4.90 Å². The van der Waals surface area contributed by atoms with Crippen LogP contribution in [0.4, 0.5) is 13.2 Å². The topological polar surface area (TPSA) is 81.1 Å². The molecule has 1 aromatic carbocycles. The Morgan fingerprint density at radius 1 is 1.03 bits per heavy atom. The van der Waals surface area contributed by atoms with Gasteiger partial charge < -0.3 is 10.2 Å². The van der Waals surface area contributed by atoms with Gasteiger partial charge in [0.25, 0.3) is 0 Å². The first kappa shape index (κ1) is 25.6. The number of nitrogens with zero attached hydrogens (tertiary/aromatic N) is 2. The van der Waals surface area contributed by atoms with Gasteiger partial charge in [-0.05, 0) is 49.9 Å². The van der Waals surface area contributed by atoms with E-state index in [4.69, 9.17) is 10.2 Å². The minimum atomic E-state index is -4.51. The molecule has 6 nitrogen and oxygen atoms in total. The predicted octanol–water partition coefficient (Wildman–Crippen LogP) is 2.17. The van der Waals surface area contributed by atoms with E-state index >= 15 is 0 Å². The van der Waals surface area contributed by atoms with E-state index in [0.29, 0.717) is 32.5 Å². The second-order valence-corrected chi connectivity index (χ2v) is 9.59. The van der Waals surface area contributed by atoms with Gasteiger partial charge in [0, 0.05) is 32.1 Å². The van der Waals surface area contributed by atoms with Gasteiger partial charge in [0.05, 0.1) is 30.2 Å². The summed E-state index contributed by atoms with van der Waals surface area (Å²) >= 11 is 0. The Morgan fingerprint density at radius 2 is 1.58 bits per heavy atom. The van der Waals surface area contributed by atoms with Gasteiger partial charge in [-0.15, -0.1) is 0 Å². The molecule has 0 bridgehead atoms. The van der Waals surface area contributed by atoms with Crippen LogP contribution in [0.2, 0.25) is 0 Å². The number of alkyl halides is 3. The van der Waals surface area contributed by atoms with Gasteiger partial charge in [-0.25, -0.2) is 8.42 Å². The van der Waals surface area contributed by atoms with Gasteiger partial charge in [0.2, 0.25) is 10.0 Å². The summed E-state index contributed by atoms with van der Waals surface area (Å²) < 4.78 is 65.0. The summed E-state index contributed by atoms with van der Waals surface area (Å²) in [7, 11) is -2.42. The van der Waals surface area contributed by atoms with E-state index < -0.39 is 21.8 Å². The van der Waals surface area contributed by atoms with Crippen LogP contribution < -0.4 is 0 Å². The first-order valence-electron chi connectivity index (χ1n) is 10.2. The Balaban J connectivity index is 1.94. The zero-order valence-corrected chi connectivity index (χ0v) is 18.3. The Kier molecular flexibility index (Phi) is 9.33. The van der Waals surface area contributed by atoms with E-state index in [1.807, 2.05) is 4.90 Å². The second kappa shape index (κ2) is 11.3. The molecule has 0 aliphatic heterocycles. The zero-order chi connectivity index (χ0) is 23.1. The molecule has 31 heavy (non-hydrogen) atoms. The first-order chi connectivity index (χ1) is 14.6. The maximum absolute atomic E-state index is 12.8. The third-order valence-electron chi connectivity index (χ3n) is 5.51. The van der Waals surface area contributed by atoms with Crippen molar-refractivity contribution in [3.63, 3.8) is 0 Å². The number of hydrogen-bond donors (Lipinski definition) is 2. The summed E-state index contributed by atoms with van der Waals surface area (Å²) in [6.45, 7) is 1.31. The Morgan fingerprint density at radius 3 is 2.06 bits per heavy atom. The highest BCUT2D eigenvalue weighted by Gasteiger charge is 2.33. The van der Waals surface area contributed by atoms with Crippen LogP contribution in [0.25, 0.3) is 0 Å². The van der Waals surface area contributed by atoms with Crippen molar-refractivity contribution >= 4 is 10.0 Å². The lowest BCUT2D eigenvalue weighted by Gasteiger charge is -2.32. The van der Waals surface area contributed by atoms with E-state index in [1.54, 1.807) is 0 Å². The average molecular weight is 463 g/mol. The van der Waals surface area contributed by atoms with Crippen LogP contribution in [0.1, 0.15) is 31.2 Å². The molecule has 1 aromatic rings. The number of hydrogen-bond acceptors (Lipinski definition) is 5. The minimum Gasteiger partial charge on any atom is -0.395 e. The number of aliphatic hydroxyl groups excluding tert-OH is 2. The molecule has 0 aromatic heterocycles. The summed E-state index contributed by atoms with van der Waals surface area (Å²) in [4.78, 5) is 1.70. The van der Waals surface area contributed by atoms with Gasteiger partial charge in [-0.2, -0.15) is 17.5 Å². The van der Waals surface area contributed by atoms with Crippen molar-refractivity contribution in [2.24, 2.45) is 5.92 Å². The molecule has 0 unspecified atom stereocenters. The molecule has 10 heteroatoms. The van der Waals surface area contributed by atoms with Crippen LogP contribution in [0.5, 0.6) is 0 Å². The van der Waals surface area contributed by atoms with Crippen molar-refractivity contribution in [1.29, 1.82) is 0 Å². The molecule has 2 rings (SSSR count). The highest BCUT2D eigenvalue weighted by molar-refractivity contribution is 7.89. The molecule has 174 valence electrons. The summed E-state index contributed by atoms with van der Waals surface area (Å²) in [5.41, 5.74) is -0.885. The van der Waals surface area contributed by atoms with Crippen LogP contribution in [-0.2, 0) is 16.2 Å². The van der Waals surface area contributed by atoms with Gasteiger partial charge in [-0.1, -0.05) is 11.8 Å². The van der Waals surface area contributed by atoms with Crippen LogP contribution in [0.15, 0.2) is 29.2 Å². The van der Waals surface area contributed by atoms with Crippen molar-refractivity contribution in [1.82, 2.24) is 9.21 Å². The lowest BCUT2D eigenvalue weighted by atomic mass is 9.86. The highest BCUT2D eigenvalue weighted by Crippen LogP contribution is 2.32. The second-order valence-electron chi connectivity index (χ2n) is 7.59. The molecule has 1 fully saturated rings. The molecule has 0 radical (unpaired) electrons. The normalized spacial score (nSPS) is 20.0. The van der Waals surface area contributed by atoms with Crippen molar-refractivity contribution in [3.8, 4) is 11.8 Å². The maximum Gasteiger partial charge on any atom is 0.416 e. The fourth-order valence-corrected chi connectivity index (χ4v) is 5.03. The quantitative estimate of drug-likeness (QED) is 0.579.